The molecule has 2 heteroatoms. The van der Waals surface area contributed by atoms with E-state index in [0.717, 1.165) is 25.8 Å². The van der Waals surface area contributed by atoms with E-state index in [1.54, 1.807) is 0 Å². The molecule has 0 bridgehead atoms. The molecule has 40 valence electrons. The lowest BCUT2D eigenvalue weighted by Gasteiger charge is -1.89. The lowest BCUT2D eigenvalue weighted by molar-refractivity contribution is -0.110. The molecule has 0 radical (unpaired) electrons. The molecule has 1 aliphatic heterocycles. The van der Waals surface area contributed by atoms with Crippen LogP contribution in [0.2, 0.25) is 0 Å². The third-order valence-corrected chi connectivity index (χ3v) is 1.29. The van der Waals surface area contributed by atoms with Gasteiger partial charge in [-0.2, -0.15) is 0 Å². The highest BCUT2D eigenvalue weighted by Crippen LogP contribution is 2.01. The van der Waals surface area contributed by atoms with Crippen LogP contribution in [0.15, 0.2) is 0 Å². The van der Waals surface area contributed by atoms with Crippen LogP contribution in [-0.2, 0) is 4.79 Å². The van der Waals surface area contributed by atoms with Crippen LogP contribution in [0.3, 0.4) is 0 Å². The van der Waals surface area contributed by atoms with Crippen LogP contribution >= 0.6 is 0 Å². The van der Waals surface area contributed by atoms with Gasteiger partial charge in [-0.05, 0) is 13.0 Å². The molecule has 1 atom stereocenters. The van der Waals surface area contributed by atoms with Crippen molar-refractivity contribution >= 4 is 6.29 Å². The molecule has 0 unspecified atom stereocenters. The number of hydrogen-bond acceptors (Lipinski definition) is 2. The summed E-state index contributed by atoms with van der Waals surface area (Å²) in [5.41, 5.74) is 0. The van der Waals surface area contributed by atoms with Crippen LogP contribution in [0.4, 0.5) is 0 Å². The van der Waals surface area contributed by atoms with Gasteiger partial charge < -0.3 is 10.1 Å². The molecule has 0 saturated carbocycles. The Labute approximate surface area is 42.9 Å². The second kappa shape index (κ2) is 2.07. The van der Waals surface area contributed by atoms with E-state index in [1.807, 2.05) is 0 Å². The third kappa shape index (κ3) is 0.996. The summed E-state index contributed by atoms with van der Waals surface area (Å²) >= 11 is 0. The Morgan fingerprint density at radius 1 is 1.71 bits per heavy atom. The van der Waals surface area contributed by atoms with E-state index in [0.29, 0.717) is 5.92 Å². The van der Waals surface area contributed by atoms with Gasteiger partial charge in [0, 0.05) is 12.5 Å². The van der Waals surface area contributed by atoms with Crippen molar-refractivity contribution in [2.24, 2.45) is 5.92 Å². The molecule has 0 aliphatic carbocycles. The number of rotatable bonds is 1. The molecule has 1 N–H and O–H groups in total. The van der Waals surface area contributed by atoms with Gasteiger partial charge in [-0.15, -0.1) is 0 Å². The van der Waals surface area contributed by atoms with Crippen LogP contribution in [-0.4, -0.2) is 19.4 Å². The molecule has 0 amide bonds. The first-order valence-corrected chi connectivity index (χ1v) is 2.59. The SMILES string of the molecule is O=C[C@@H]1CCNC1. The maximum atomic E-state index is 9.97. The lowest BCUT2D eigenvalue weighted by Crippen LogP contribution is -2.09. The van der Waals surface area contributed by atoms with Gasteiger partial charge >= 0.3 is 0 Å². The normalized spacial score (nSPS) is 30.6. The minimum Gasteiger partial charge on any atom is -0.316 e. The molecule has 1 heterocycles. The molecule has 0 spiro atoms. The maximum absolute atomic E-state index is 9.97. The maximum Gasteiger partial charge on any atom is 0.124 e. The van der Waals surface area contributed by atoms with Crippen molar-refractivity contribution in [3.05, 3.63) is 0 Å². The van der Waals surface area contributed by atoms with Crippen molar-refractivity contribution < 1.29 is 4.79 Å². The van der Waals surface area contributed by atoms with Gasteiger partial charge in [0.15, 0.2) is 0 Å². The minimum atomic E-state index is 0.306. The number of nitrogens with one attached hydrogen (secondary N) is 1. The molecule has 0 aromatic carbocycles. The molecular weight excluding hydrogens is 90.1 g/mol. The first-order valence-electron chi connectivity index (χ1n) is 2.59. The zero-order valence-electron chi connectivity index (χ0n) is 4.18. The monoisotopic (exact) mass is 99.1 g/mol. The number of carbonyl (C=O) groups excluding carboxylic acids is 1. The summed E-state index contributed by atoms with van der Waals surface area (Å²) in [6.45, 7) is 1.91. The Hall–Kier alpha value is -0.370. The summed E-state index contributed by atoms with van der Waals surface area (Å²) in [5, 5.41) is 3.09. The van der Waals surface area contributed by atoms with Gasteiger partial charge in [0.05, 0.1) is 0 Å². The molecule has 1 rings (SSSR count). The first kappa shape index (κ1) is 4.78. The Balaban J connectivity index is 2.26. The largest absolute Gasteiger partial charge is 0.316 e. The first-order chi connectivity index (χ1) is 3.43. The molecule has 7 heavy (non-hydrogen) atoms. The van der Waals surface area contributed by atoms with E-state index in [2.05, 4.69) is 5.32 Å². The Kier molecular flexibility index (Phi) is 1.42. The van der Waals surface area contributed by atoms with Crippen molar-refractivity contribution in [1.82, 2.24) is 5.32 Å². The molecule has 1 aliphatic rings. The zero-order chi connectivity index (χ0) is 5.11. The second-order valence-corrected chi connectivity index (χ2v) is 1.89. The van der Waals surface area contributed by atoms with Crippen LogP contribution in [0.25, 0.3) is 0 Å². The average molecular weight is 99.1 g/mol. The molecular formula is C5H9NO. The standard InChI is InChI=1S/C5H9NO/c7-4-5-1-2-6-3-5/h4-6H,1-3H2/t5-/m1/s1. The van der Waals surface area contributed by atoms with Crippen LogP contribution in [0.5, 0.6) is 0 Å². The van der Waals surface area contributed by atoms with Gasteiger partial charge in [-0.3, -0.25) is 0 Å². The quantitative estimate of drug-likeness (QED) is 0.461. The van der Waals surface area contributed by atoms with Crippen LogP contribution in [0.1, 0.15) is 6.42 Å². The summed E-state index contributed by atoms with van der Waals surface area (Å²) in [5.74, 6) is 0.306. The van der Waals surface area contributed by atoms with Crippen molar-refractivity contribution in [2.75, 3.05) is 13.1 Å². The second-order valence-electron chi connectivity index (χ2n) is 1.89. The van der Waals surface area contributed by atoms with Crippen LogP contribution < -0.4 is 5.32 Å². The summed E-state index contributed by atoms with van der Waals surface area (Å²) in [6.07, 6.45) is 2.06. The molecule has 1 saturated heterocycles. The van der Waals surface area contributed by atoms with Gasteiger partial charge in [0.25, 0.3) is 0 Å². The van der Waals surface area contributed by atoms with Gasteiger partial charge in [-0.25, -0.2) is 0 Å². The van der Waals surface area contributed by atoms with E-state index in [1.165, 1.54) is 0 Å². The van der Waals surface area contributed by atoms with Gasteiger partial charge in [-0.1, -0.05) is 0 Å². The Bertz CT molecular complexity index is 66.5. The highest BCUT2D eigenvalue weighted by molar-refractivity contribution is 5.54. The molecule has 2 nitrogen and oxygen atoms in total. The van der Waals surface area contributed by atoms with E-state index in [4.69, 9.17) is 0 Å². The minimum absolute atomic E-state index is 0.306. The van der Waals surface area contributed by atoms with Gasteiger partial charge in [0.2, 0.25) is 0 Å². The van der Waals surface area contributed by atoms with Crippen LogP contribution in [0, 0.1) is 5.92 Å². The van der Waals surface area contributed by atoms with E-state index < -0.39 is 0 Å². The summed E-state index contributed by atoms with van der Waals surface area (Å²) < 4.78 is 0. The lowest BCUT2D eigenvalue weighted by atomic mass is 10.2. The van der Waals surface area contributed by atoms with Crippen molar-refractivity contribution in [3.63, 3.8) is 0 Å². The van der Waals surface area contributed by atoms with E-state index in [-0.39, 0.29) is 0 Å². The fourth-order valence-electron chi connectivity index (χ4n) is 0.793. The van der Waals surface area contributed by atoms with Gasteiger partial charge in [0.1, 0.15) is 6.29 Å². The topological polar surface area (TPSA) is 29.1 Å². The molecule has 1 fully saturated rings. The summed E-state index contributed by atoms with van der Waals surface area (Å²) in [4.78, 5) is 9.97. The smallest absolute Gasteiger partial charge is 0.124 e. The summed E-state index contributed by atoms with van der Waals surface area (Å²) in [6, 6.07) is 0. The number of aldehydes is 1. The van der Waals surface area contributed by atoms with Crippen molar-refractivity contribution in [2.45, 2.75) is 6.42 Å². The average Bonchev–Trinajstić information content (AvgIpc) is 2.14. The number of carbonyl (C=O) groups is 1. The molecule has 0 aromatic rings. The third-order valence-electron chi connectivity index (χ3n) is 1.29. The van der Waals surface area contributed by atoms with E-state index in [9.17, 15) is 4.79 Å². The predicted octanol–water partition coefficient (Wildman–Crippen LogP) is -0.205. The predicted molar refractivity (Wildman–Crippen MR) is 27.0 cm³/mol. The summed E-state index contributed by atoms with van der Waals surface area (Å²) in [7, 11) is 0. The number of hydrogen-bond donors (Lipinski definition) is 1. The van der Waals surface area contributed by atoms with Crippen molar-refractivity contribution in [3.8, 4) is 0 Å². The molecule has 0 aromatic heterocycles. The highest BCUT2D eigenvalue weighted by atomic mass is 16.1. The fourth-order valence-corrected chi connectivity index (χ4v) is 0.793. The van der Waals surface area contributed by atoms with Crippen molar-refractivity contribution in [1.29, 1.82) is 0 Å². The highest BCUT2D eigenvalue weighted by Gasteiger charge is 2.11. The fraction of sp³-hybridized carbons (Fsp3) is 0.800. The van der Waals surface area contributed by atoms with E-state index >= 15 is 0 Å². The Morgan fingerprint density at radius 3 is 2.86 bits per heavy atom. The Morgan fingerprint density at radius 2 is 2.57 bits per heavy atom. The zero-order valence-corrected chi connectivity index (χ0v) is 4.18.